The quantitative estimate of drug-likeness (QED) is 0.942. The van der Waals surface area contributed by atoms with E-state index in [2.05, 4.69) is 22.4 Å². The van der Waals surface area contributed by atoms with E-state index in [0.717, 1.165) is 18.4 Å². The first-order chi connectivity index (χ1) is 11.1. The summed E-state index contributed by atoms with van der Waals surface area (Å²) in [5.41, 5.74) is 1.32. The monoisotopic (exact) mass is 314 g/mol. The van der Waals surface area contributed by atoms with Crippen molar-refractivity contribution in [3.8, 4) is 0 Å². The third-order valence-electron chi connectivity index (χ3n) is 4.38. The van der Waals surface area contributed by atoms with Crippen molar-refractivity contribution in [3.63, 3.8) is 0 Å². The molecule has 122 valence electrons. The molecule has 23 heavy (non-hydrogen) atoms. The van der Waals surface area contributed by atoms with Gasteiger partial charge in [-0.05, 0) is 25.3 Å². The fourth-order valence-corrected chi connectivity index (χ4v) is 3.05. The molecular formula is C18H22N2O3. The van der Waals surface area contributed by atoms with E-state index in [1.54, 1.807) is 6.92 Å². The zero-order chi connectivity index (χ0) is 16.3. The minimum absolute atomic E-state index is 0.208. The number of carbonyl (C=O) groups excluding carboxylic acids is 1. The second-order valence-electron chi connectivity index (χ2n) is 5.89. The first-order valence-electron chi connectivity index (χ1n) is 8.07. The molecule has 1 fully saturated rings. The Hall–Kier alpha value is -2.14. The van der Waals surface area contributed by atoms with Crippen LogP contribution in [0.4, 0.5) is 0 Å². The highest BCUT2D eigenvalue weighted by molar-refractivity contribution is 5.93. The Morgan fingerprint density at radius 2 is 1.96 bits per heavy atom. The number of hydrogen-bond donors (Lipinski definition) is 1. The van der Waals surface area contributed by atoms with Gasteiger partial charge in [-0.2, -0.15) is 0 Å². The van der Waals surface area contributed by atoms with Gasteiger partial charge in [0.2, 0.25) is 5.76 Å². The van der Waals surface area contributed by atoms with Crippen LogP contribution >= 0.6 is 0 Å². The average Bonchev–Trinajstić information content (AvgIpc) is 2.98. The Morgan fingerprint density at radius 1 is 1.26 bits per heavy atom. The molecule has 0 aliphatic carbocycles. The van der Waals surface area contributed by atoms with Crippen molar-refractivity contribution >= 4 is 5.91 Å². The van der Waals surface area contributed by atoms with Crippen LogP contribution < -0.4 is 5.32 Å². The van der Waals surface area contributed by atoms with Crippen molar-refractivity contribution in [3.05, 3.63) is 53.2 Å². The summed E-state index contributed by atoms with van der Waals surface area (Å²) in [5.74, 6) is 0.692. The number of aromatic nitrogens is 1. The molecule has 2 heterocycles. The molecule has 1 amide bonds. The van der Waals surface area contributed by atoms with Gasteiger partial charge in [0.05, 0.1) is 11.2 Å². The topological polar surface area (TPSA) is 64.4 Å². The molecule has 0 atom stereocenters. The number of benzene rings is 1. The van der Waals surface area contributed by atoms with E-state index in [1.807, 2.05) is 25.1 Å². The number of nitrogens with one attached hydrogen (secondary N) is 1. The van der Waals surface area contributed by atoms with Gasteiger partial charge in [-0.1, -0.05) is 37.3 Å². The molecule has 2 aromatic rings. The summed E-state index contributed by atoms with van der Waals surface area (Å²) >= 11 is 0. The van der Waals surface area contributed by atoms with Gasteiger partial charge in [-0.25, -0.2) is 4.98 Å². The lowest BCUT2D eigenvalue weighted by Gasteiger charge is -2.38. The number of carbonyl (C=O) groups is 1. The lowest BCUT2D eigenvalue weighted by molar-refractivity contribution is 0.0337. The van der Waals surface area contributed by atoms with Crippen LogP contribution in [0.2, 0.25) is 0 Å². The van der Waals surface area contributed by atoms with Crippen molar-refractivity contribution < 1.29 is 13.9 Å². The van der Waals surface area contributed by atoms with Crippen molar-refractivity contribution in [1.29, 1.82) is 0 Å². The minimum Gasteiger partial charge on any atom is -0.435 e. The molecule has 5 heteroatoms. The zero-order valence-corrected chi connectivity index (χ0v) is 13.6. The first kappa shape index (κ1) is 15.7. The Balaban J connectivity index is 1.89. The van der Waals surface area contributed by atoms with Gasteiger partial charge in [0, 0.05) is 19.6 Å². The van der Waals surface area contributed by atoms with Gasteiger partial charge in [-0.3, -0.25) is 4.79 Å². The van der Waals surface area contributed by atoms with Crippen LogP contribution in [0.3, 0.4) is 0 Å². The van der Waals surface area contributed by atoms with Gasteiger partial charge >= 0.3 is 0 Å². The molecule has 0 radical (unpaired) electrons. The molecule has 0 saturated carbocycles. The fraction of sp³-hybridized carbons (Fsp3) is 0.444. The van der Waals surface area contributed by atoms with E-state index in [4.69, 9.17) is 9.15 Å². The van der Waals surface area contributed by atoms with Gasteiger partial charge in [0.15, 0.2) is 5.89 Å². The van der Waals surface area contributed by atoms with E-state index in [-0.39, 0.29) is 5.91 Å². The van der Waals surface area contributed by atoms with Crippen LogP contribution in [0.25, 0.3) is 0 Å². The average molecular weight is 314 g/mol. The number of amides is 1. The maximum absolute atomic E-state index is 12.8. The number of nitrogens with zero attached hydrogens (tertiary/aromatic N) is 1. The summed E-state index contributed by atoms with van der Waals surface area (Å²) in [6.07, 6.45) is 2.17. The lowest BCUT2D eigenvalue weighted by Crippen LogP contribution is -2.49. The summed E-state index contributed by atoms with van der Waals surface area (Å²) in [6.45, 7) is 5.02. The Morgan fingerprint density at radius 3 is 2.57 bits per heavy atom. The van der Waals surface area contributed by atoms with Crippen molar-refractivity contribution in [2.75, 3.05) is 13.2 Å². The van der Waals surface area contributed by atoms with E-state index in [1.165, 1.54) is 0 Å². The maximum Gasteiger partial charge on any atom is 0.289 e. The molecule has 1 aromatic carbocycles. The molecule has 1 N–H and O–H groups in total. The van der Waals surface area contributed by atoms with E-state index < -0.39 is 5.54 Å². The number of hydrogen-bond acceptors (Lipinski definition) is 4. The molecule has 1 aliphatic rings. The SMILES string of the molecule is CCc1nc(C)c(C(=O)NC2(c3ccccc3)CCOCC2)o1. The Kier molecular flexibility index (Phi) is 4.48. The molecule has 3 rings (SSSR count). The number of oxazole rings is 1. The van der Waals surface area contributed by atoms with Crippen molar-refractivity contribution in [1.82, 2.24) is 10.3 Å². The Labute approximate surface area is 136 Å². The van der Waals surface area contributed by atoms with E-state index in [9.17, 15) is 4.79 Å². The smallest absolute Gasteiger partial charge is 0.289 e. The Bertz CT molecular complexity index is 673. The highest BCUT2D eigenvalue weighted by atomic mass is 16.5. The van der Waals surface area contributed by atoms with Crippen molar-refractivity contribution in [2.45, 2.75) is 38.6 Å². The summed E-state index contributed by atoms with van der Waals surface area (Å²) in [6, 6.07) is 10.1. The van der Waals surface area contributed by atoms with Crippen LogP contribution in [-0.4, -0.2) is 24.1 Å². The van der Waals surface area contributed by atoms with E-state index >= 15 is 0 Å². The summed E-state index contributed by atoms with van der Waals surface area (Å²) < 4.78 is 11.1. The molecule has 0 spiro atoms. The normalized spacial score (nSPS) is 17.0. The summed E-state index contributed by atoms with van der Waals surface area (Å²) in [7, 11) is 0. The summed E-state index contributed by atoms with van der Waals surface area (Å²) in [5, 5.41) is 3.19. The van der Waals surface area contributed by atoms with Gasteiger partial charge < -0.3 is 14.5 Å². The highest BCUT2D eigenvalue weighted by Gasteiger charge is 2.37. The predicted molar refractivity (Wildman–Crippen MR) is 86.3 cm³/mol. The van der Waals surface area contributed by atoms with Gasteiger partial charge in [0.1, 0.15) is 0 Å². The molecule has 0 bridgehead atoms. The van der Waals surface area contributed by atoms with Gasteiger partial charge in [-0.15, -0.1) is 0 Å². The second-order valence-corrected chi connectivity index (χ2v) is 5.89. The van der Waals surface area contributed by atoms with Crippen LogP contribution in [0, 0.1) is 6.92 Å². The van der Waals surface area contributed by atoms with Crippen LogP contribution in [0.15, 0.2) is 34.7 Å². The van der Waals surface area contributed by atoms with Crippen LogP contribution in [0.5, 0.6) is 0 Å². The second kappa shape index (κ2) is 6.54. The molecular weight excluding hydrogens is 292 g/mol. The molecule has 1 aliphatic heterocycles. The largest absolute Gasteiger partial charge is 0.435 e. The van der Waals surface area contributed by atoms with Crippen LogP contribution in [-0.2, 0) is 16.7 Å². The summed E-state index contributed by atoms with van der Waals surface area (Å²) in [4.78, 5) is 17.0. The lowest BCUT2D eigenvalue weighted by atomic mass is 9.82. The van der Waals surface area contributed by atoms with E-state index in [0.29, 0.717) is 37.0 Å². The van der Waals surface area contributed by atoms with Gasteiger partial charge in [0.25, 0.3) is 5.91 Å². The number of ether oxygens (including phenoxy) is 1. The van der Waals surface area contributed by atoms with Crippen molar-refractivity contribution in [2.24, 2.45) is 0 Å². The standard InChI is InChI=1S/C18H22N2O3/c1-3-15-19-13(2)16(23-15)17(21)20-18(9-11-22-12-10-18)14-7-5-4-6-8-14/h4-8H,3,9-12H2,1-2H3,(H,20,21). The number of rotatable bonds is 4. The maximum atomic E-state index is 12.8. The number of aryl methyl sites for hydroxylation is 2. The fourth-order valence-electron chi connectivity index (χ4n) is 3.05. The molecule has 1 saturated heterocycles. The third-order valence-corrected chi connectivity index (χ3v) is 4.38. The van der Waals surface area contributed by atoms with Crippen LogP contribution in [0.1, 0.15) is 47.5 Å². The molecule has 5 nitrogen and oxygen atoms in total. The first-order valence-corrected chi connectivity index (χ1v) is 8.07. The third kappa shape index (κ3) is 3.15. The predicted octanol–water partition coefficient (Wildman–Crippen LogP) is 2.98. The minimum atomic E-state index is -0.414. The molecule has 0 unspecified atom stereocenters. The molecule has 1 aromatic heterocycles. The zero-order valence-electron chi connectivity index (χ0n) is 13.6. The highest BCUT2D eigenvalue weighted by Crippen LogP contribution is 2.32.